The first-order valence-electron chi connectivity index (χ1n) is 7.69. The fourth-order valence-corrected chi connectivity index (χ4v) is 2.32. The highest BCUT2D eigenvalue weighted by atomic mass is 16.6. The highest BCUT2D eigenvalue weighted by Gasteiger charge is 2.19. The number of nitrogens with one attached hydrogen (secondary N) is 2. The molecule has 0 radical (unpaired) electrons. The molecule has 1 amide bonds. The maximum atomic E-state index is 11.7. The van der Waals surface area contributed by atoms with E-state index in [9.17, 15) is 4.79 Å². The third-order valence-corrected chi connectivity index (χ3v) is 3.51. The fraction of sp³-hybridized carbons (Fsp3) is 0.353. The molecule has 1 aromatic heterocycles. The molecular weight excluding hydrogens is 296 g/mol. The minimum Gasteiger partial charge on any atom is -0.486 e. The molecule has 1 aliphatic rings. The van der Waals surface area contributed by atoms with Crippen molar-refractivity contribution in [3.8, 4) is 11.5 Å². The van der Waals surface area contributed by atoms with E-state index in [1.807, 2.05) is 30.3 Å². The molecule has 0 saturated heterocycles. The Hall–Kier alpha value is -2.47. The summed E-state index contributed by atoms with van der Waals surface area (Å²) in [5.74, 6) is 2.28. The lowest BCUT2D eigenvalue weighted by molar-refractivity contribution is -0.121. The molecule has 0 aliphatic carbocycles. The molecule has 0 saturated carbocycles. The molecule has 2 N–H and O–H groups in total. The van der Waals surface area contributed by atoms with E-state index in [1.54, 1.807) is 12.3 Å². The Kier molecular flexibility index (Phi) is 5.16. The number of amides is 1. The van der Waals surface area contributed by atoms with Gasteiger partial charge >= 0.3 is 0 Å². The van der Waals surface area contributed by atoms with E-state index in [4.69, 9.17) is 13.9 Å². The predicted molar refractivity (Wildman–Crippen MR) is 84.4 cm³/mol. The summed E-state index contributed by atoms with van der Waals surface area (Å²) in [5, 5.41) is 6.03. The quantitative estimate of drug-likeness (QED) is 0.761. The van der Waals surface area contributed by atoms with Gasteiger partial charge in [0.25, 0.3) is 0 Å². The van der Waals surface area contributed by atoms with Crippen molar-refractivity contribution >= 4 is 5.91 Å². The molecule has 3 rings (SSSR count). The minimum atomic E-state index is -0.0453. The fourth-order valence-electron chi connectivity index (χ4n) is 2.32. The molecule has 2 heterocycles. The van der Waals surface area contributed by atoms with E-state index in [2.05, 4.69) is 10.6 Å². The Bertz CT molecular complexity index is 627. The Labute approximate surface area is 134 Å². The van der Waals surface area contributed by atoms with Crippen molar-refractivity contribution in [1.82, 2.24) is 10.6 Å². The number of rotatable bonds is 7. The van der Waals surface area contributed by atoms with Gasteiger partial charge in [-0.15, -0.1) is 0 Å². The van der Waals surface area contributed by atoms with Crippen LogP contribution in [0.15, 0.2) is 47.1 Å². The van der Waals surface area contributed by atoms with E-state index in [0.717, 1.165) is 17.3 Å². The molecule has 0 spiro atoms. The Morgan fingerprint density at radius 2 is 2.04 bits per heavy atom. The van der Waals surface area contributed by atoms with Crippen molar-refractivity contribution < 1.29 is 18.7 Å². The number of fused-ring (bicyclic) bond motifs is 1. The molecule has 1 atom stereocenters. The number of para-hydroxylation sites is 2. The van der Waals surface area contributed by atoms with Gasteiger partial charge in [-0.1, -0.05) is 12.1 Å². The summed E-state index contributed by atoms with van der Waals surface area (Å²) in [4.78, 5) is 11.7. The molecule has 2 aromatic rings. The molecule has 6 heteroatoms. The first-order chi connectivity index (χ1) is 11.3. The molecule has 1 aromatic carbocycles. The number of furan rings is 1. The normalized spacial score (nSPS) is 16.1. The van der Waals surface area contributed by atoms with Crippen LogP contribution in [0.2, 0.25) is 0 Å². The molecule has 1 unspecified atom stereocenters. The van der Waals surface area contributed by atoms with Crippen molar-refractivity contribution in [2.75, 3.05) is 19.7 Å². The summed E-state index contributed by atoms with van der Waals surface area (Å²) in [6.07, 6.45) is 1.95. The summed E-state index contributed by atoms with van der Waals surface area (Å²) in [6.45, 7) is 2.15. The summed E-state index contributed by atoms with van der Waals surface area (Å²) in [7, 11) is 0. The van der Waals surface area contributed by atoms with Gasteiger partial charge in [0.15, 0.2) is 11.5 Å². The summed E-state index contributed by atoms with van der Waals surface area (Å²) in [5.41, 5.74) is 0. The van der Waals surface area contributed by atoms with Crippen molar-refractivity contribution in [1.29, 1.82) is 0 Å². The van der Waals surface area contributed by atoms with E-state index in [1.165, 1.54) is 0 Å². The second kappa shape index (κ2) is 7.69. The van der Waals surface area contributed by atoms with Crippen molar-refractivity contribution in [3.05, 3.63) is 48.4 Å². The summed E-state index contributed by atoms with van der Waals surface area (Å²) < 4.78 is 16.6. The van der Waals surface area contributed by atoms with Gasteiger partial charge in [-0.25, -0.2) is 0 Å². The van der Waals surface area contributed by atoms with Crippen molar-refractivity contribution in [2.45, 2.75) is 19.1 Å². The zero-order valence-corrected chi connectivity index (χ0v) is 12.8. The maximum Gasteiger partial charge on any atom is 0.221 e. The van der Waals surface area contributed by atoms with E-state index < -0.39 is 0 Å². The molecule has 6 nitrogen and oxygen atoms in total. The number of hydrogen-bond acceptors (Lipinski definition) is 5. The molecule has 122 valence electrons. The second-order valence-corrected chi connectivity index (χ2v) is 5.31. The molecular formula is C17H20N2O4. The Morgan fingerprint density at radius 3 is 2.87 bits per heavy atom. The van der Waals surface area contributed by atoms with Gasteiger partial charge in [0.1, 0.15) is 18.5 Å². The van der Waals surface area contributed by atoms with Gasteiger partial charge in [-0.3, -0.25) is 4.79 Å². The van der Waals surface area contributed by atoms with Gasteiger partial charge in [0.2, 0.25) is 5.91 Å². The Balaban J connectivity index is 1.30. The van der Waals surface area contributed by atoms with Crippen LogP contribution < -0.4 is 20.1 Å². The number of carbonyl (C=O) groups is 1. The smallest absolute Gasteiger partial charge is 0.221 e. The molecule has 1 aliphatic heterocycles. The van der Waals surface area contributed by atoms with Gasteiger partial charge in [0, 0.05) is 19.5 Å². The number of carbonyl (C=O) groups excluding carboxylic acids is 1. The van der Waals surface area contributed by atoms with Crippen LogP contribution in [-0.2, 0) is 11.3 Å². The molecule has 0 bridgehead atoms. The highest BCUT2D eigenvalue weighted by molar-refractivity contribution is 5.75. The first-order valence-corrected chi connectivity index (χ1v) is 7.69. The van der Waals surface area contributed by atoms with Gasteiger partial charge in [-0.05, 0) is 24.3 Å². The number of benzene rings is 1. The van der Waals surface area contributed by atoms with Crippen LogP contribution in [0.1, 0.15) is 12.2 Å². The van der Waals surface area contributed by atoms with Crippen LogP contribution in [0, 0.1) is 0 Å². The second-order valence-electron chi connectivity index (χ2n) is 5.31. The number of ether oxygens (including phenoxy) is 2. The number of hydrogen-bond donors (Lipinski definition) is 2. The standard InChI is InChI=1S/C17H20N2O4/c20-17(19-11-13-4-3-9-21-13)7-8-18-10-14-12-22-15-5-1-2-6-16(15)23-14/h1-6,9,14,18H,7-8,10-12H2,(H,19,20). The van der Waals surface area contributed by atoms with Crippen molar-refractivity contribution in [2.24, 2.45) is 0 Å². The third kappa shape index (κ3) is 4.50. The van der Waals surface area contributed by atoms with Crippen LogP contribution in [0.25, 0.3) is 0 Å². The van der Waals surface area contributed by atoms with E-state index in [-0.39, 0.29) is 12.0 Å². The zero-order chi connectivity index (χ0) is 15.9. The van der Waals surface area contributed by atoms with Gasteiger partial charge in [0.05, 0.1) is 12.8 Å². The largest absolute Gasteiger partial charge is 0.486 e. The topological polar surface area (TPSA) is 72.7 Å². The lowest BCUT2D eigenvalue weighted by Crippen LogP contribution is -2.39. The first kappa shape index (κ1) is 15.4. The van der Waals surface area contributed by atoms with Crippen LogP contribution in [0.4, 0.5) is 0 Å². The molecule has 23 heavy (non-hydrogen) atoms. The van der Waals surface area contributed by atoms with Crippen LogP contribution in [-0.4, -0.2) is 31.7 Å². The van der Waals surface area contributed by atoms with E-state index >= 15 is 0 Å². The van der Waals surface area contributed by atoms with Crippen molar-refractivity contribution in [3.63, 3.8) is 0 Å². The lowest BCUT2D eigenvalue weighted by Gasteiger charge is -2.26. The average Bonchev–Trinajstić information content (AvgIpc) is 3.10. The summed E-state index contributed by atoms with van der Waals surface area (Å²) in [6, 6.07) is 11.2. The van der Waals surface area contributed by atoms with Gasteiger partial charge < -0.3 is 24.5 Å². The van der Waals surface area contributed by atoms with Gasteiger partial charge in [-0.2, -0.15) is 0 Å². The highest BCUT2D eigenvalue weighted by Crippen LogP contribution is 2.30. The summed E-state index contributed by atoms with van der Waals surface area (Å²) >= 11 is 0. The van der Waals surface area contributed by atoms with Crippen LogP contribution in [0.5, 0.6) is 11.5 Å². The molecule has 0 fully saturated rings. The lowest BCUT2D eigenvalue weighted by atomic mass is 10.2. The Morgan fingerprint density at radius 1 is 1.17 bits per heavy atom. The monoisotopic (exact) mass is 316 g/mol. The zero-order valence-electron chi connectivity index (χ0n) is 12.8. The van der Waals surface area contributed by atoms with Crippen LogP contribution in [0.3, 0.4) is 0 Å². The van der Waals surface area contributed by atoms with Crippen LogP contribution >= 0.6 is 0 Å². The minimum absolute atomic E-state index is 0.0138. The average molecular weight is 316 g/mol. The maximum absolute atomic E-state index is 11.7. The third-order valence-electron chi connectivity index (χ3n) is 3.51. The van der Waals surface area contributed by atoms with E-state index in [0.29, 0.717) is 32.7 Å². The predicted octanol–water partition coefficient (Wildman–Crippen LogP) is 1.72. The SMILES string of the molecule is O=C(CCNCC1COc2ccccc2O1)NCc1ccco1.